The lowest BCUT2D eigenvalue weighted by Gasteiger charge is -2.19. The Morgan fingerprint density at radius 2 is 2.25 bits per heavy atom. The van der Waals surface area contributed by atoms with Crippen LogP contribution in [0.4, 0.5) is 5.69 Å². The lowest BCUT2D eigenvalue weighted by atomic mass is 9.81. The first-order valence-electron chi connectivity index (χ1n) is 6.45. The van der Waals surface area contributed by atoms with Crippen molar-refractivity contribution in [3.05, 3.63) is 33.1 Å². The van der Waals surface area contributed by atoms with Crippen molar-refractivity contribution in [3.63, 3.8) is 0 Å². The van der Waals surface area contributed by atoms with E-state index in [1.807, 2.05) is 0 Å². The van der Waals surface area contributed by atoms with Gasteiger partial charge in [-0.05, 0) is 26.7 Å². The van der Waals surface area contributed by atoms with Gasteiger partial charge in [-0.15, -0.1) is 0 Å². The van der Waals surface area contributed by atoms with Gasteiger partial charge in [0.05, 0.1) is 16.7 Å². The van der Waals surface area contributed by atoms with Gasteiger partial charge in [0, 0.05) is 30.2 Å². The van der Waals surface area contributed by atoms with E-state index < -0.39 is 10.3 Å². The van der Waals surface area contributed by atoms with Crippen LogP contribution >= 0.6 is 0 Å². The maximum atomic E-state index is 11.9. The smallest absolute Gasteiger partial charge is 0.278 e. The number of nitro groups is 1. The minimum absolute atomic E-state index is 0.0218. The number of aryl methyl sites for hydroxylation is 1. The van der Waals surface area contributed by atoms with Crippen LogP contribution in [0.3, 0.4) is 0 Å². The molecular formula is C14H15N3O3. The first-order chi connectivity index (χ1) is 9.41. The van der Waals surface area contributed by atoms with E-state index in [-0.39, 0.29) is 17.9 Å². The number of carbonyl (C=O) groups is 1. The fourth-order valence-electron chi connectivity index (χ4n) is 2.78. The van der Waals surface area contributed by atoms with Crippen LogP contribution in [0.1, 0.15) is 36.1 Å². The lowest BCUT2D eigenvalue weighted by Crippen LogP contribution is -2.27. The Morgan fingerprint density at radius 1 is 1.55 bits per heavy atom. The zero-order valence-corrected chi connectivity index (χ0v) is 11.5. The molecule has 0 aliphatic heterocycles. The molecule has 1 aliphatic carbocycles. The fraction of sp³-hybridized carbons (Fsp3) is 0.500. The molecule has 0 spiro atoms. The molecule has 0 bridgehead atoms. The number of hydrogen-bond acceptors (Lipinski definition) is 5. The standard InChI is InChI=1S/C14H15N3O3/c1-9-7-16-11(10(2)13(9)17(19)20)6-14(8-15)5-3-4-12(14)18/h7H,3-6H2,1-2H3. The van der Waals surface area contributed by atoms with Gasteiger partial charge in [0.15, 0.2) is 5.78 Å². The van der Waals surface area contributed by atoms with Crippen molar-refractivity contribution in [2.24, 2.45) is 5.41 Å². The summed E-state index contributed by atoms with van der Waals surface area (Å²) in [6.07, 6.45) is 3.20. The topological polar surface area (TPSA) is 96.9 Å². The van der Waals surface area contributed by atoms with Crippen LogP contribution in [0, 0.1) is 40.7 Å². The number of Topliss-reactive ketones (excluding diaryl/α,β-unsaturated/α-hetero) is 1. The Kier molecular flexibility index (Phi) is 3.53. The summed E-state index contributed by atoms with van der Waals surface area (Å²) < 4.78 is 0. The highest BCUT2D eigenvalue weighted by Gasteiger charge is 2.43. The number of nitriles is 1. The highest BCUT2D eigenvalue weighted by molar-refractivity contribution is 5.89. The van der Waals surface area contributed by atoms with Crippen molar-refractivity contribution in [2.75, 3.05) is 0 Å². The van der Waals surface area contributed by atoms with E-state index in [0.717, 1.165) is 0 Å². The summed E-state index contributed by atoms with van der Waals surface area (Å²) in [7, 11) is 0. The monoisotopic (exact) mass is 273 g/mol. The summed E-state index contributed by atoms with van der Waals surface area (Å²) in [5, 5.41) is 20.4. The third-order valence-corrected chi connectivity index (χ3v) is 3.98. The predicted molar refractivity (Wildman–Crippen MR) is 71.0 cm³/mol. The van der Waals surface area contributed by atoms with Crippen LogP contribution < -0.4 is 0 Å². The quantitative estimate of drug-likeness (QED) is 0.622. The van der Waals surface area contributed by atoms with Gasteiger partial charge >= 0.3 is 0 Å². The van der Waals surface area contributed by atoms with Gasteiger partial charge in [-0.25, -0.2) is 0 Å². The first kappa shape index (κ1) is 14.1. The average molecular weight is 273 g/mol. The lowest BCUT2D eigenvalue weighted by molar-refractivity contribution is -0.386. The van der Waals surface area contributed by atoms with Crippen molar-refractivity contribution in [1.82, 2.24) is 4.98 Å². The molecule has 104 valence electrons. The number of nitrogens with zero attached hydrogens (tertiary/aromatic N) is 3. The summed E-state index contributed by atoms with van der Waals surface area (Å²) >= 11 is 0. The van der Waals surface area contributed by atoms with Crippen LogP contribution in [0.5, 0.6) is 0 Å². The summed E-state index contributed by atoms with van der Waals surface area (Å²) in [6.45, 7) is 3.25. The molecule has 1 unspecified atom stereocenters. The van der Waals surface area contributed by atoms with Crippen LogP contribution in [-0.4, -0.2) is 15.7 Å². The molecule has 6 nitrogen and oxygen atoms in total. The third-order valence-electron chi connectivity index (χ3n) is 3.98. The van der Waals surface area contributed by atoms with Crippen molar-refractivity contribution < 1.29 is 9.72 Å². The van der Waals surface area contributed by atoms with E-state index in [1.165, 1.54) is 6.20 Å². The van der Waals surface area contributed by atoms with Crippen LogP contribution in [-0.2, 0) is 11.2 Å². The summed E-state index contributed by atoms with van der Waals surface area (Å²) in [5.74, 6) is -0.0792. The zero-order valence-electron chi connectivity index (χ0n) is 11.5. The van der Waals surface area contributed by atoms with E-state index in [9.17, 15) is 20.2 Å². The van der Waals surface area contributed by atoms with Gasteiger partial charge < -0.3 is 0 Å². The number of pyridine rings is 1. The van der Waals surface area contributed by atoms with Crippen molar-refractivity contribution in [2.45, 2.75) is 39.5 Å². The Balaban J connectivity index is 2.45. The molecule has 0 N–H and O–H groups in total. The molecule has 1 atom stereocenters. The van der Waals surface area contributed by atoms with E-state index in [0.29, 0.717) is 36.1 Å². The molecule has 1 fully saturated rings. The Bertz CT molecular complexity index is 633. The van der Waals surface area contributed by atoms with Gasteiger partial charge in [-0.1, -0.05) is 0 Å². The minimum Gasteiger partial charge on any atom is -0.298 e. The molecule has 1 saturated carbocycles. The molecule has 20 heavy (non-hydrogen) atoms. The summed E-state index contributed by atoms with van der Waals surface area (Å²) in [5.41, 5.74) is 0.373. The van der Waals surface area contributed by atoms with Crippen LogP contribution in [0.25, 0.3) is 0 Å². The Labute approximate surface area is 116 Å². The van der Waals surface area contributed by atoms with Gasteiger partial charge in [0.2, 0.25) is 0 Å². The normalized spacial score (nSPS) is 21.8. The van der Waals surface area contributed by atoms with Crippen molar-refractivity contribution in [3.8, 4) is 6.07 Å². The van der Waals surface area contributed by atoms with Gasteiger partial charge in [0.1, 0.15) is 5.41 Å². The number of ketones is 1. The number of rotatable bonds is 3. The maximum Gasteiger partial charge on any atom is 0.278 e. The second-order valence-corrected chi connectivity index (χ2v) is 5.27. The molecule has 0 radical (unpaired) electrons. The fourth-order valence-corrected chi connectivity index (χ4v) is 2.78. The Hall–Kier alpha value is -2.29. The van der Waals surface area contributed by atoms with E-state index in [4.69, 9.17) is 0 Å². The number of aromatic nitrogens is 1. The van der Waals surface area contributed by atoms with E-state index >= 15 is 0 Å². The SMILES string of the molecule is Cc1cnc(CC2(C#N)CCCC2=O)c(C)c1[N+](=O)[O-]. The minimum atomic E-state index is -1.05. The second kappa shape index (κ2) is 5.00. The van der Waals surface area contributed by atoms with Crippen molar-refractivity contribution >= 4 is 11.5 Å². The van der Waals surface area contributed by atoms with Crippen LogP contribution in [0.15, 0.2) is 6.20 Å². The summed E-state index contributed by atoms with van der Waals surface area (Å²) in [4.78, 5) is 26.8. The van der Waals surface area contributed by atoms with Crippen LogP contribution in [0.2, 0.25) is 0 Å². The van der Waals surface area contributed by atoms with E-state index in [2.05, 4.69) is 11.1 Å². The molecule has 0 amide bonds. The summed E-state index contributed by atoms with van der Waals surface area (Å²) in [6, 6.07) is 2.11. The predicted octanol–water partition coefficient (Wildman–Crippen LogP) is 2.41. The number of hydrogen-bond donors (Lipinski definition) is 0. The molecule has 1 aromatic rings. The van der Waals surface area contributed by atoms with Gasteiger partial charge in [0.25, 0.3) is 5.69 Å². The molecule has 1 aliphatic rings. The maximum absolute atomic E-state index is 11.9. The molecule has 2 rings (SSSR count). The molecule has 1 heterocycles. The molecular weight excluding hydrogens is 258 g/mol. The average Bonchev–Trinajstić information content (AvgIpc) is 2.74. The zero-order chi connectivity index (χ0) is 14.9. The van der Waals surface area contributed by atoms with Crippen molar-refractivity contribution in [1.29, 1.82) is 5.26 Å². The molecule has 6 heteroatoms. The van der Waals surface area contributed by atoms with Gasteiger partial charge in [-0.3, -0.25) is 19.9 Å². The third kappa shape index (κ3) is 2.16. The highest BCUT2D eigenvalue weighted by Crippen LogP contribution is 2.38. The Morgan fingerprint density at radius 3 is 2.75 bits per heavy atom. The molecule has 1 aromatic heterocycles. The first-order valence-corrected chi connectivity index (χ1v) is 6.45. The molecule has 0 saturated heterocycles. The second-order valence-electron chi connectivity index (χ2n) is 5.27. The number of carbonyl (C=O) groups excluding carboxylic acids is 1. The highest BCUT2D eigenvalue weighted by atomic mass is 16.6. The van der Waals surface area contributed by atoms with Gasteiger partial charge in [-0.2, -0.15) is 5.26 Å². The molecule has 0 aromatic carbocycles. The van der Waals surface area contributed by atoms with E-state index in [1.54, 1.807) is 13.8 Å². The largest absolute Gasteiger partial charge is 0.298 e.